The molecule has 1 aromatic heterocycles. The van der Waals surface area contributed by atoms with Gasteiger partial charge in [-0.2, -0.15) is 5.10 Å². The van der Waals surface area contributed by atoms with E-state index >= 15 is 0 Å². The molecule has 4 heteroatoms. The number of nitrogens with zero attached hydrogens (tertiary/aromatic N) is 3. The number of rotatable bonds is 2. The van der Waals surface area contributed by atoms with Crippen molar-refractivity contribution >= 4 is 17.6 Å². The summed E-state index contributed by atoms with van der Waals surface area (Å²) in [5, 5.41) is 10.4. The monoisotopic (exact) mass is 245 g/mol. The Kier molecular flexibility index (Phi) is 3.54. The summed E-state index contributed by atoms with van der Waals surface area (Å²) in [5.41, 5.74) is 3.50. The van der Waals surface area contributed by atoms with Crippen molar-refractivity contribution in [3.63, 3.8) is 0 Å². The van der Waals surface area contributed by atoms with Crippen LogP contribution < -0.4 is 4.80 Å². The van der Waals surface area contributed by atoms with E-state index in [1.807, 2.05) is 29.8 Å². The maximum atomic E-state index is 4.21. The number of benzene rings is 1. The second kappa shape index (κ2) is 5.10. The van der Waals surface area contributed by atoms with Crippen LogP contribution in [0.1, 0.15) is 16.8 Å². The summed E-state index contributed by atoms with van der Waals surface area (Å²) >= 11 is 1.60. The fourth-order valence-electron chi connectivity index (χ4n) is 1.41. The first-order chi connectivity index (χ1) is 8.18. The topological polar surface area (TPSA) is 29.6 Å². The third kappa shape index (κ3) is 2.71. The molecule has 0 spiro atoms. The maximum Gasteiger partial charge on any atom is 0.210 e. The number of hydrogen-bond donors (Lipinski definition) is 0. The van der Waals surface area contributed by atoms with Crippen LogP contribution in [0, 0.1) is 13.8 Å². The SMILES string of the molecule is Cc1ccccc1/C=N\N=c1/scc(C)n1C. The highest BCUT2D eigenvalue weighted by atomic mass is 32.1. The molecule has 0 amide bonds. The molecule has 0 radical (unpaired) electrons. The third-order valence-corrected chi connectivity index (χ3v) is 3.70. The van der Waals surface area contributed by atoms with E-state index in [0.29, 0.717) is 0 Å². The van der Waals surface area contributed by atoms with Gasteiger partial charge in [0.2, 0.25) is 4.80 Å². The van der Waals surface area contributed by atoms with Gasteiger partial charge >= 0.3 is 0 Å². The number of aryl methyl sites for hydroxylation is 2. The van der Waals surface area contributed by atoms with Crippen molar-refractivity contribution in [2.75, 3.05) is 0 Å². The van der Waals surface area contributed by atoms with E-state index in [9.17, 15) is 0 Å². The van der Waals surface area contributed by atoms with Crippen molar-refractivity contribution < 1.29 is 0 Å². The summed E-state index contributed by atoms with van der Waals surface area (Å²) in [6.45, 7) is 4.12. The molecule has 0 unspecified atom stereocenters. The summed E-state index contributed by atoms with van der Waals surface area (Å²) in [6, 6.07) is 8.13. The van der Waals surface area contributed by atoms with E-state index in [1.54, 1.807) is 17.6 Å². The van der Waals surface area contributed by atoms with E-state index in [4.69, 9.17) is 0 Å². The summed E-state index contributed by atoms with van der Waals surface area (Å²) in [6.07, 6.45) is 1.80. The number of hydrogen-bond acceptors (Lipinski definition) is 3. The van der Waals surface area contributed by atoms with Gasteiger partial charge in [-0.25, -0.2) is 0 Å². The Morgan fingerprint density at radius 2 is 2.00 bits per heavy atom. The zero-order valence-corrected chi connectivity index (χ0v) is 11.0. The van der Waals surface area contributed by atoms with Crippen LogP contribution in [0.4, 0.5) is 0 Å². The van der Waals surface area contributed by atoms with Crippen LogP contribution in [-0.4, -0.2) is 10.8 Å². The standard InChI is InChI=1S/C13H15N3S/c1-10-6-4-5-7-12(10)8-14-15-13-16(3)11(2)9-17-13/h4-9H,1-3H3/b14-8-,15-13-. The van der Waals surface area contributed by atoms with Gasteiger partial charge < -0.3 is 4.57 Å². The molecule has 0 saturated carbocycles. The number of aromatic nitrogens is 1. The van der Waals surface area contributed by atoms with Crippen LogP contribution in [0.2, 0.25) is 0 Å². The third-order valence-electron chi connectivity index (χ3n) is 2.68. The lowest BCUT2D eigenvalue weighted by molar-refractivity contribution is 0.820. The first-order valence-electron chi connectivity index (χ1n) is 5.42. The maximum absolute atomic E-state index is 4.21. The average Bonchev–Trinajstić information content (AvgIpc) is 2.63. The van der Waals surface area contributed by atoms with Gasteiger partial charge in [-0.3, -0.25) is 0 Å². The Labute approximate surface area is 105 Å². The second-order valence-corrected chi connectivity index (χ2v) is 4.76. The van der Waals surface area contributed by atoms with Gasteiger partial charge in [0.25, 0.3) is 0 Å². The molecule has 88 valence electrons. The van der Waals surface area contributed by atoms with Gasteiger partial charge in [0.05, 0.1) is 6.21 Å². The molecule has 2 rings (SSSR count). The molecule has 0 atom stereocenters. The Balaban J connectivity index is 2.26. The van der Waals surface area contributed by atoms with Gasteiger partial charge in [0.1, 0.15) is 0 Å². The molecule has 0 N–H and O–H groups in total. The predicted octanol–water partition coefficient (Wildman–Crippen LogP) is 2.64. The lowest BCUT2D eigenvalue weighted by Crippen LogP contribution is -2.10. The first-order valence-corrected chi connectivity index (χ1v) is 6.30. The zero-order valence-electron chi connectivity index (χ0n) is 10.2. The molecule has 0 aliphatic heterocycles. The molecule has 0 fully saturated rings. The highest BCUT2D eigenvalue weighted by Gasteiger charge is 1.94. The molecule has 1 aromatic carbocycles. The summed E-state index contributed by atoms with van der Waals surface area (Å²) in [4.78, 5) is 0.910. The van der Waals surface area contributed by atoms with E-state index in [0.717, 1.165) is 10.4 Å². The Bertz CT molecular complexity index is 605. The molecule has 0 aliphatic rings. The molecule has 17 heavy (non-hydrogen) atoms. The quantitative estimate of drug-likeness (QED) is 0.575. The minimum absolute atomic E-state index is 0.910. The molecular formula is C13H15N3S. The van der Waals surface area contributed by atoms with Gasteiger partial charge in [-0.15, -0.1) is 16.4 Å². The minimum Gasteiger partial charge on any atom is -0.323 e. The highest BCUT2D eigenvalue weighted by molar-refractivity contribution is 7.07. The summed E-state index contributed by atoms with van der Waals surface area (Å²) < 4.78 is 2.03. The largest absolute Gasteiger partial charge is 0.323 e. The van der Waals surface area contributed by atoms with Crippen LogP contribution in [0.3, 0.4) is 0 Å². The summed E-state index contributed by atoms with van der Waals surface area (Å²) in [7, 11) is 1.99. The van der Waals surface area contributed by atoms with Gasteiger partial charge in [0.15, 0.2) is 0 Å². The van der Waals surface area contributed by atoms with E-state index < -0.39 is 0 Å². The van der Waals surface area contributed by atoms with Crippen LogP contribution >= 0.6 is 11.3 Å². The van der Waals surface area contributed by atoms with Crippen molar-refractivity contribution in [2.45, 2.75) is 13.8 Å². The highest BCUT2D eigenvalue weighted by Crippen LogP contribution is 2.03. The molecule has 3 nitrogen and oxygen atoms in total. The molecular weight excluding hydrogens is 230 g/mol. The Morgan fingerprint density at radius 1 is 1.24 bits per heavy atom. The number of thiazole rings is 1. The lowest BCUT2D eigenvalue weighted by atomic mass is 10.1. The van der Waals surface area contributed by atoms with Crippen molar-refractivity contribution in [3.8, 4) is 0 Å². The zero-order chi connectivity index (χ0) is 12.3. The van der Waals surface area contributed by atoms with Gasteiger partial charge in [-0.05, 0) is 25.0 Å². The fraction of sp³-hybridized carbons (Fsp3) is 0.231. The molecule has 1 heterocycles. The van der Waals surface area contributed by atoms with Gasteiger partial charge in [-0.1, -0.05) is 24.3 Å². The molecule has 0 aliphatic carbocycles. The van der Waals surface area contributed by atoms with Crippen LogP contribution in [0.25, 0.3) is 0 Å². The van der Waals surface area contributed by atoms with E-state index in [1.165, 1.54) is 11.3 Å². The molecule has 2 aromatic rings. The fourth-order valence-corrected chi connectivity index (χ4v) is 2.24. The summed E-state index contributed by atoms with van der Waals surface area (Å²) in [5.74, 6) is 0. The van der Waals surface area contributed by atoms with Crippen LogP contribution in [0.5, 0.6) is 0 Å². The predicted molar refractivity (Wildman–Crippen MR) is 72.4 cm³/mol. The van der Waals surface area contributed by atoms with Crippen LogP contribution in [0.15, 0.2) is 39.8 Å². The first kappa shape index (κ1) is 11.8. The van der Waals surface area contributed by atoms with Crippen LogP contribution in [-0.2, 0) is 7.05 Å². The Morgan fingerprint density at radius 3 is 2.65 bits per heavy atom. The molecule has 0 bridgehead atoms. The smallest absolute Gasteiger partial charge is 0.210 e. The van der Waals surface area contributed by atoms with E-state index in [-0.39, 0.29) is 0 Å². The van der Waals surface area contributed by atoms with Crippen molar-refractivity contribution in [1.82, 2.24) is 4.57 Å². The minimum atomic E-state index is 0.910. The molecule has 0 saturated heterocycles. The van der Waals surface area contributed by atoms with E-state index in [2.05, 4.69) is 35.5 Å². The normalized spacial score (nSPS) is 12.5. The Hall–Kier alpha value is -1.68. The second-order valence-electron chi connectivity index (χ2n) is 3.92. The lowest BCUT2D eigenvalue weighted by Gasteiger charge is -1.96. The van der Waals surface area contributed by atoms with Crippen molar-refractivity contribution in [3.05, 3.63) is 51.3 Å². The van der Waals surface area contributed by atoms with Crippen molar-refractivity contribution in [1.29, 1.82) is 0 Å². The van der Waals surface area contributed by atoms with Crippen molar-refractivity contribution in [2.24, 2.45) is 17.3 Å². The average molecular weight is 245 g/mol. The van der Waals surface area contributed by atoms with Gasteiger partial charge in [0, 0.05) is 18.1 Å².